The molecule has 2 saturated carbocycles. The SMILES string of the molecule is CC(C)=CC/C=C(\C)[C@@H]1[C@H]2CCCC[C@@H]2C[C@H]1O. The topological polar surface area (TPSA) is 20.2 Å². The van der Waals surface area contributed by atoms with E-state index in [-0.39, 0.29) is 6.10 Å². The number of hydrogen-bond acceptors (Lipinski definition) is 1. The molecule has 102 valence electrons. The minimum Gasteiger partial charge on any atom is -0.392 e. The lowest BCUT2D eigenvalue weighted by Crippen LogP contribution is -2.23. The van der Waals surface area contributed by atoms with Gasteiger partial charge in [-0.15, -0.1) is 0 Å². The van der Waals surface area contributed by atoms with Gasteiger partial charge in [0.25, 0.3) is 0 Å². The lowest BCUT2D eigenvalue weighted by Gasteiger charge is -2.30. The Hall–Kier alpha value is -0.560. The van der Waals surface area contributed by atoms with E-state index in [0.717, 1.165) is 24.7 Å². The van der Waals surface area contributed by atoms with Crippen LogP contribution in [-0.4, -0.2) is 11.2 Å². The first-order valence-electron chi connectivity index (χ1n) is 7.57. The third kappa shape index (κ3) is 3.06. The molecule has 0 unspecified atom stereocenters. The third-order valence-corrected chi connectivity index (χ3v) is 4.88. The molecule has 0 spiro atoms. The molecule has 2 aliphatic carbocycles. The maximum atomic E-state index is 10.3. The van der Waals surface area contributed by atoms with E-state index in [4.69, 9.17) is 0 Å². The Balaban J connectivity index is 2.04. The van der Waals surface area contributed by atoms with Gasteiger partial charge in [0.2, 0.25) is 0 Å². The van der Waals surface area contributed by atoms with E-state index in [1.54, 1.807) is 0 Å². The van der Waals surface area contributed by atoms with Crippen molar-refractivity contribution < 1.29 is 5.11 Å². The third-order valence-electron chi connectivity index (χ3n) is 4.88. The second-order valence-electron chi connectivity index (χ2n) is 6.50. The summed E-state index contributed by atoms with van der Waals surface area (Å²) in [7, 11) is 0. The molecule has 0 heterocycles. The van der Waals surface area contributed by atoms with Gasteiger partial charge < -0.3 is 5.11 Å². The molecule has 0 amide bonds. The van der Waals surface area contributed by atoms with Crippen molar-refractivity contribution in [1.82, 2.24) is 0 Å². The molecule has 0 aliphatic heterocycles. The van der Waals surface area contributed by atoms with Gasteiger partial charge in [-0.25, -0.2) is 0 Å². The second-order valence-corrected chi connectivity index (χ2v) is 6.50. The Morgan fingerprint density at radius 3 is 2.56 bits per heavy atom. The van der Waals surface area contributed by atoms with Crippen molar-refractivity contribution in [2.75, 3.05) is 0 Å². The second kappa shape index (κ2) is 6.06. The molecule has 0 radical (unpaired) electrons. The average molecular weight is 248 g/mol. The summed E-state index contributed by atoms with van der Waals surface area (Å²) in [5.74, 6) is 2.00. The van der Waals surface area contributed by atoms with Crippen molar-refractivity contribution >= 4 is 0 Å². The van der Waals surface area contributed by atoms with Gasteiger partial charge in [-0.05, 0) is 51.9 Å². The van der Waals surface area contributed by atoms with Crippen molar-refractivity contribution in [2.24, 2.45) is 17.8 Å². The van der Waals surface area contributed by atoms with Gasteiger partial charge in [-0.3, -0.25) is 0 Å². The monoisotopic (exact) mass is 248 g/mol. The van der Waals surface area contributed by atoms with Crippen molar-refractivity contribution in [1.29, 1.82) is 0 Å². The summed E-state index contributed by atoms with van der Waals surface area (Å²) >= 11 is 0. The first-order valence-corrected chi connectivity index (χ1v) is 7.57. The lowest BCUT2D eigenvalue weighted by atomic mass is 9.76. The van der Waals surface area contributed by atoms with Crippen LogP contribution in [0.5, 0.6) is 0 Å². The largest absolute Gasteiger partial charge is 0.392 e. The van der Waals surface area contributed by atoms with Crippen LogP contribution in [0.1, 0.15) is 59.3 Å². The summed E-state index contributed by atoms with van der Waals surface area (Å²) in [5, 5.41) is 10.3. The zero-order chi connectivity index (χ0) is 13.1. The molecule has 0 aromatic heterocycles. The van der Waals surface area contributed by atoms with E-state index < -0.39 is 0 Å². The predicted molar refractivity (Wildman–Crippen MR) is 77.4 cm³/mol. The minimum absolute atomic E-state index is 0.0824. The zero-order valence-electron chi connectivity index (χ0n) is 12.2. The van der Waals surface area contributed by atoms with Gasteiger partial charge in [0.1, 0.15) is 0 Å². The fourth-order valence-corrected chi connectivity index (χ4v) is 4.00. The Kier molecular flexibility index (Phi) is 4.66. The number of hydrogen-bond donors (Lipinski definition) is 1. The van der Waals surface area contributed by atoms with E-state index in [1.807, 2.05) is 0 Å². The number of aliphatic hydroxyl groups is 1. The Bertz CT molecular complexity index is 336. The molecule has 1 nitrogen and oxygen atoms in total. The van der Waals surface area contributed by atoms with Crippen LogP contribution >= 0.6 is 0 Å². The van der Waals surface area contributed by atoms with Crippen LogP contribution < -0.4 is 0 Å². The molecule has 4 atom stereocenters. The highest BCUT2D eigenvalue weighted by Crippen LogP contribution is 2.48. The maximum Gasteiger partial charge on any atom is 0.0610 e. The lowest BCUT2D eigenvalue weighted by molar-refractivity contribution is 0.133. The van der Waals surface area contributed by atoms with Crippen LogP contribution in [0.25, 0.3) is 0 Å². The standard InChI is InChI=1S/C17H28O/c1-12(2)7-6-8-13(3)17-15-10-5-4-9-14(15)11-16(17)18/h7-8,14-18H,4-6,9-11H2,1-3H3/b13-8+/t14-,15+,16-,17-/m1/s1. The van der Waals surface area contributed by atoms with E-state index >= 15 is 0 Å². The first kappa shape index (κ1) is 13.9. The van der Waals surface area contributed by atoms with Crippen molar-refractivity contribution in [3.8, 4) is 0 Å². The predicted octanol–water partition coefficient (Wildman–Crippen LogP) is 4.48. The smallest absolute Gasteiger partial charge is 0.0610 e. The highest BCUT2D eigenvalue weighted by Gasteiger charge is 2.43. The molecule has 2 aliphatic rings. The zero-order valence-corrected chi connectivity index (χ0v) is 12.2. The van der Waals surface area contributed by atoms with Gasteiger partial charge in [0, 0.05) is 5.92 Å². The number of rotatable bonds is 3. The van der Waals surface area contributed by atoms with Gasteiger partial charge in [0.05, 0.1) is 6.10 Å². The minimum atomic E-state index is -0.0824. The fourth-order valence-electron chi connectivity index (χ4n) is 4.00. The Morgan fingerprint density at radius 2 is 1.83 bits per heavy atom. The molecule has 1 heteroatoms. The quantitative estimate of drug-likeness (QED) is 0.730. The molecule has 0 saturated heterocycles. The van der Waals surface area contributed by atoms with E-state index in [9.17, 15) is 5.11 Å². The van der Waals surface area contributed by atoms with E-state index in [2.05, 4.69) is 32.9 Å². The highest BCUT2D eigenvalue weighted by molar-refractivity contribution is 5.14. The van der Waals surface area contributed by atoms with Crippen LogP contribution in [0, 0.1) is 17.8 Å². The molecule has 2 rings (SSSR count). The molecular formula is C17H28O. The van der Waals surface area contributed by atoms with Crippen molar-refractivity contribution in [3.05, 3.63) is 23.3 Å². The van der Waals surface area contributed by atoms with Gasteiger partial charge in [-0.2, -0.15) is 0 Å². The average Bonchev–Trinajstić information content (AvgIpc) is 2.64. The molecule has 18 heavy (non-hydrogen) atoms. The number of allylic oxidation sites excluding steroid dienone is 3. The van der Waals surface area contributed by atoms with Crippen molar-refractivity contribution in [3.63, 3.8) is 0 Å². The molecular weight excluding hydrogens is 220 g/mol. The molecule has 0 aromatic rings. The van der Waals surface area contributed by atoms with Crippen LogP contribution in [0.3, 0.4) is 0 Å². The molecule has 1 N–H and O–H groups in total. The summed E-state index contributed by atoms with van der Waals surface area (Å²) in [6.45, 7) is 6.51. The maximum absolute atomic E-state index is 10.3. The van der Waals surface area contributed by atoms with E-state index in [1.165, 1.54) is 36.8 Å². The summed E-state index contributed by atoms with van der Waals surface area (Å²) < 4.78 is 0. The van der Waals surface area contributed by atoms with Crippen LogP contribution in [0.2, 0.25) is 0 Å². The Labute approximate surface area is 112 Å². The van der Waals surface area contributed by atoms with Gasteiger partial charge >= 0.3 is 0 Å². The summed E-state index contributed by atoms with van der Waals surface area (Å²) in [6, 6.07) is 0. The van der Waals surface area contributed by atoms with E-state index in [0.29, 0.717) is 5.92 Å². The normalized spacial score (nSPS) is 36.3. The fraction of sp³-hybridized carbons (Fsp3) is 0.765. The van der Waals surface area contributed by atoms with Gasteiger partial charge in [0.15, 0.2) is 0 Å². The molecule has 2 fully saturated rings. The molecule has 0 bridgehead atoms. The first-order chi connectivity index (χ1) is 8.59. The molecule has 0 aromatic carbocycles. The van der Waals surface area contributed by atoms with Crippen LogP contribution in [-0.2, 0) is 0 Å². The number of aliphatic hydroxyl groups excluding tert-OH is 1. The Morgan fingerprint density at radius 1 is 1.11 bits per heavy atom. The van der Waals surface area contributed by atoms with Crippen molar-refractivity contribution in [2.45, 2.75) is 65.4 Å². The van der Waals surface area contributed by atoms with Crippen LogP contribution in [0.4, 0.5) is 0 Å². The highest BCUT2D eigenvalue weighted by atomic mass is 16.3. The summed E-state index contributed by atoms with van der Waals surface area (Å²) in [5.41, 5.74) is 2.80. The van der Waals surface area contributed by atoms with Crippen LogP contribution in [0.15, 0.2) is 23.3 Å². The number of fused-ring (bicyclic) bond motifs is 1. The summed E-state index contributed by atoms with van der Waals surface area (Å²) in [6.07, 6.45) is 12.0. The van der Waals surface area contributed by atoms with Gasteiger partial charge in [-0.1, -0.05) is 42.6 Å². The summed E-state index contributed by atoms with van der Waals surface area (Å²) in [4.78, 5) is 0.